The second-order valence-corrected chi connectivity index (χ2v) is 13.5. The summed E-state index contributed by atoms with van der Waals surface area (Å²) in [5, 5.41) is 10.8. The van der Waals surface area contributed by atoms with E-state index in [1.807, 2.05) is 76.2 Å². The zero-order valence-electron chi connectivity index (χ0n) is 27.7. The average molecular weight is 679 g/mol. The van der Waals surface area contributed by atoms with Gasteiger partial charge in [0.05, 0.1) is 48.2 Å². The minimum Gasteiger partial charge on any atom is -0.493 e. The van der Waals surface area contributed by atoms with Gasteiger partial charge in [-0.2, -0.15) is 5.26 Å². The van der Waals surface area contributed by atoms with Crippen LogP contribution >= 0.6 is 22.7 Å². The van der Waals surface area contributed by atoms with E-state index in [4.69, 9.17) is 19.2 Å². The zero-order chi connectivity index (χ0) is 34.3. The summed E-state index contributed by atoms with van der Waals surface area (Å²) in [7, 11) is 3.09. The lowest BCUT2D eigenvalue weighted by Crippen LogP contribution is -2.40. The van der Waals surface area contributed by atoms with Crippen molar-refractivity contribution in [3.63, 3.8) is 0 Å². The van der Waals surface area contributed by atoms with Crippen molar-refractivity contribution >= 4 is 40.4 Å². The van der Waals surface area contributed by atoms with E-state index in [0.717, 1.165) is 38.0 Å². The van der Waals surface area contributed by atoms with Gasteiger partial charge in [-0.1, -0.05) is 47.7 Å². The number of aromatic nitrogens is 2. The largest absolute Gasteiger partial charge is 0.493 e. The van der Waals surface area contributed by atoms with E-state index in [2.05, 4.69) is 10.6 Å². The molecule has 0 unspecified atom stereocenters. The number of nitrogens with zero attached hydrogens (tertiary/aromatic N) is 4. The summed E-state index contributed by atoms with van der Waals surface area (Å²) in [5.41, 5.74) is 6.08. The number of thiophene rings is 1. The van der Waals surface area contributed by atoms with Crippen LogP contribution in [0.25, 0.3) is 16.8 Å². The van der Waals surface area contributed by atoms with Crippen LogP contribution in [0.1, 0.15) is 57.0 Å². The number of hydrogen-bond donors (Lipinski definition) is 0. The highest BCUT2D eigenvalue weighted by atomic mass is 32.1. The molecule has 0 saturated carbocycles. The van der Waals surface area contributed by atoms with E-state index in [1.54, 1.807) is 49.2 Å². The molecule has 0 amide bonds. The van der Waals surface area contributed by atoms with Gasteiger partial charge in [0.15, 0.2) is 16.3 Å². The number of carbonyl (C=O) groups is 1. The fourth-order valence-corrected chi connectivity index (χ4v) is 8.27. The number of hydrogen-bond acceptors (Lipinski definition) is 9. The Morgan fingerprint density at radius 3 is 2.42 bits per heavy atom. The van der Waals surface area contributed by atoms with Gasteiger partial charge in [-0.25, -0.2) is 9.79 Å². The molecular formula is C37H34N4O5S2. The number of benzene rings is 2. The Morgan fingerprint density at radius 2 is 1.75 bits per heavy atom. The lowest BCUT2D eigenvalue weighted by atomic mass is 9.93. The lowest BCUT2D eigenvalue weighted by molar-refractivity contribution is -0.138. The predicted molar refractivity (Wildman–Crippen MR) is 188 cm³/mol. The van der Waals surface area contributed by atoms with Crippen LogP contribution in [-0.2, 0) is 9.53 Å². The van der Waals surface area contributed by atoms with Gasteiger partial charge in [0.25, 0.3) is 5.56 Å². The summed E-state index contributed by atoms with van der Waals surface area (Å²) >= 11 is 2.84. The number of rotatable bonds is 8. The molecule has 9 nitrogen and oxygen atoms in total. The van der Waals surface area contributed by atoms with Gasteiger partial charge in [-0.05, 0) is 75.6 Å². The molecule has 1 atom stereocenters. The van der Waals surface area contributed by atoms with E-state index >= 15 is 0 Å². The first kappa shape index (κ1) is 32.7. The molecule has 48 heavy (non-hydrogen) atoms. The van der Waals surface area contributed by atoms with Crippen molar-refractivity contribution in [2.45, 2.75) is 40.7 Å². The highest BCUT2D eigenvalue weighted by Crippen LogP contribution is 2.39. The van der Waals surface area contributed by atoms with E-state index in [0.29, 0.717) is 37.7 Å². The van der Waals surface area contributed by atoms with Crippen LogP contribution < -0.4 is 24.4 Å². The van der Waals surface area contributed by atoms with Crippen LogP contribution in [-0.4, -0.2) is 35.9 Å². The van der Waals surface area contributed by atoms with Crippen LogP contribution in [0.15, 0.2) is 70.0 Å². The third kappa shape index (κ3) is 5.47. The molecule has 0 saturated heterocycles. The van der Waals surface area contributed by atoms with Crippen molar-refractivity contribution in [3.05, 3.63) is 124 Å². The Bertz CT molecular complexity index is 2330. The number of aryl methyl sites for hydroxylation is 2. The van der Waals surface area contributed by atoms with Gasteiger partial charge >= 0.3 is 5.97 Å². The maximum absolute atomic E-state index is 14.5. The molecule has 0 radical (unpaired) electrons. The Labute approximate surface area is 285 Å². The molecule has 0 bridgehead atoms. The molecule has 244 valence electrons. The summed E-state index contributed by atoms with van der Waals surface area (Å²) in [6.07, 6.45) is 1.87. The number of esters is 1. The quantitative estimate of drug-likeness (QED) is 0.189. The molecule has 1 aliphatic heterocycles. The smallest absolute Gasteiger partial charge is 0.338 e. The minimum atomic E-state index is -0.861. The number of ether oxygens (including phenoxy) is 3. The topological polar surface area (TPSA) is 108 Å². The van der Waals surface area contributed by atoms with Crippen LogP contribution in [0.4, 0.5) is 0 Å². The van der Waals surface area contributed by atoms with Crippen molar-refractivity contribution in [1.29, 1.82) is 5.26 Å². The molecule has 0 fully saturated rings. The Hall–Kier alpha value is -5.18. The molecule has 0 N–H and O–H groups in total. The summed E-state index contributed by atoms with van der Waals surface area (Å²) in [4.78, 5) is 34.8. The molecule has 4 heterocycles. The number of thiazole rings is 1. The van der Waals surface area contributed by atoms with Crippen molar-refractivity contribution in [2.24, 2.45) is 4.99 Å². The SMILES string of the molecule is CCOC(=O)C1=C(c2ccccc2)N=c2s/c(=C/c3cc(C)n(-c4sc(C)c(C)c4C#N)c3C)c(=O)n2[C@@H]1c1ccc(OC)c(OC)c1. The first-order valence-electron chi connectivity index (χ1n) is 15.3. The Morgan fingerprint density at radius 1 is 1.02 bits per heavy atom. The second-order valence-electron chi connectivity index (χ2n) is 11.3. The van der Waals surface area contributed by atoms with Gasteiger partial charge < -0.3 is 18.8 Å². The highest BCUT2D eigenvalue weighted by molar-refractivity contribution is 7.15. The van der Waals surface area contributed by atoms with Gasteiger partial charge in [0.2, 0.25) is 0 Å². The number of methoxy groups -OCH3 is 2. The maximum Gasteiger partial charge on any atom is 0.338 e. The van der Waals surface area contributed by atoms with Gasteiger partial charge in [-0.3, -0.25) is 9.36 Å². The average Bonchev–Trinajstić information content (AvgIpc) is 3.67. The normalized spacial score (nSPS) is 14.4. The summed E-state index contributed by atoms with van der Waals surface area (Å²) < 4.78 is 20.8. The minimum absolute atomic E-state index is 0.153. The lowest BCUT2D eigenvalue weighted by Gasteiger charge is -2.26. The number of nitriles is 1. The van der Waals surface area contributed by atoms with E-state index < -0.39 is 12.0 Å². The number of fused-ring (bicyclic) bond motifs is 1. The van der Waals surface area contributed by atoms with Crippen molar-refractivity contribution in [2.75, 3.05) is 20.8 Å². The van der Waals surface area contributed by atoms with Gasteiger partial charge in [-0.15, -0.1) is 11.3 Å². The summed E-state index contributed by atoms with van der Waals surface area (Å²) in [5.74, 6) is 0.416. The Balaban J connectivity index is 1.62. The zero-order valence-corrected chi connectivity index (χ0v) is 29.3. The van der Waals surface area contributed by atoms with Crippen LogP contribution in [0.5, 0.6) is 11.5 Å². The number of carbonyl (C=O) groups excluding carboxylic acids is 1. The van der Waals surface area contributed by atoms with E-state index in [9.17, 15) is 14.9 Å². The van der Waals surface area contributed by atoms with E-state index in [-0.39, 0.29) is 17.7 Å². The standard InChI is InChI=1S/C37H34N4O5S2/c1-8-46-36(43)31-32(24-12-10-9-11-13-24)39-37-41(33(31)25-14-15-28(44-6)29(17-25)45-7)34(42)30(48-37)18-26-16-20(2)40(22(26)4)35-27(19-38)21(3)23(5)47-35/h9-18,33H,8H2,1-7H3/b30-18+/t33-/m1/s1. The molecule has 11 heteroatoms. The third-order valence-electron chi connectivity index (χ3n) is 8.54. The molecule has 3 aromatic heterocycles. The van der Waals surface area contributed by atoms with Crippen LogP contribution in [0.2, 0.25) is 0 Å². The molecule has 0 aliphatic carbocycles. The third-order valence-corrected chi connectivity index (χ3v) is 10.7. The maximum atomic E-state index is 14.5. The molecule has 6 rings (SSSR count). The van der Waals surface area contributed by atoms with E-state index in [1.165, 1.54) is 11.3 Å². The molecule has 5 aromatic rings. The predicted octanol–water partition coefficient (Wildman–Crippen LogP) is 5.91. The highest BCUT2D eigenvalue weighted by Gasteiger charge is 2.35. The molecule has 0 spiro atoms. The van der Waals surface area contributed by atoms with Gasteiger partial charge in [0, 0.05) is 21.8 Å². The second kappa shape index (κ2) is 13.1. The van der Waals surface area contributed by atoms with Crippen molar-refractivity contribution in [3.8, 4) is 22.6 Å². The molecule has 1 aliphatic rings. The van der Waals surface area contributed by atoms with Gasteiger partial charge in [0.1, 0.15) is 11.1 Å². The fourth-order valence-electron chi connectivity index (χ4n) is 6.06. The summed E-state index contributed by atoms with van der Waals surface area (Å²) in [6, 6.07) is 18.3. The first-order chi connectivity index (χ1) is 23.1. The fraction of sp³-hybridized carbons (Fsp3) is 0.243. The van der Waals surface area contributed by atoms with Crippen LogP contribution in [0.3, 0.4) is 0 Å². The monoisotopic (exact) mass is 678 g/mol. The van der Waals surface area contributed by atoms with Crippen LogP contribution in [0, 0.1) is 39.0 Å². The van der Waals surface area contributed by atoms with Crippen molar-refractivity contribution < 1.29 is 19.0 Å². The molecular weight excluding hydrogens is 645 g/mol. The first-order valence-corrected chi connectivity index (χ1v) is 17.0. The van der Waals surface area contributed by atoms with Crippen molar-refractivity contribution in [1.82, 2.24) is 9.13 Å². The molecule has 2 aromatic carbocycles. The Kier molecular flexibility index (Phi) is 8.97. The summed E-state index contributed by atoms with van der Waals surface area (Å²) in [6.45, 7) is 9.86.